The largest absolute Gasteiger partial charge is 0.461 e. The van der Waals surface area contributed by atoms with Crippen molar-refractivity contribution in [2.75, 3.05) is 27.3 Å². The fourth-order valence-electron chi connectivity index (χ4n) is 7.85. The average molecular weight is 849 g/mol. The summed E-state index contributed by atoms with van der Waals surface area (Å²) in [7, 11) is 3.00. The van der Waals surface area contributed by atoms with Gasteiger partial charge in [-0.15, -0.1) is 0 Å². The highest BCUT2D eigenvalue weighted by Gasteiger charge is 2.43. The van der Waals surface area contributed by atoms with Crippen molar-refractivity contribution in [3.8, 4) is 0 Å². The molecule has 8 atom stereocenters. The molecule has 2 fully saturated rings. The lowest BCUT2D eigenvalue weighted by atomic mass is 10.0. The van der Waals surface area contributed by atoms with E-state index in [-0.39, 0.29) is 42.5 Å². The van der Waals surface area contributed by atoms with E-state index in [4.69, 9.17) is 29.4 Å². The van der Waals surface area contributed by atoms with Gasteiger partial charge in [0.2, 0.25) is 11.8 Å². The van der Waals surface area contributed by atoms with Crippen LogP contribution in [-0.2, 0) is 55.7 Å². The average Bonchev–Trinajstić information content (AvgIpc) is 4.01. The molecule has 0 unspecified atom stereocenters. The maximum absolute atomic E-state index is 13.7. The number of hydrogen-bond acceptors (Lipinski definition) is 13. The Balaban J connectivity index is 0.000000237. The fraction of sp³-hybridized carbons (Fsp3) is 0.558. The van der Waals surface area contributed by atoms with Gasteiger partial charge >= 0.3 is 18.0 Å². The molecule has 6 rings (SSSR count). The van der Waals surface area contributed by atoms with Gasteiger partial charge in [0.05, 0.1) is 25.3 Å². The number of aromatic amines is 2. The molecule has 6 heterocycles. The van der Waals surface area contributed by atoms with Crippen molar-refractivity contribution in [3.63, 3.8) is 0 Å². The summed E-state index contributed by atoms with van der Waals surface area (Å²) in [4.78, 5) is 80.4. The van der Waals surface area contributed by atoms with Gasteiger partial charge < -0.3 is 54.5 Å². The highest BCUT2D eigenvalue weighted by Crippen LogP contribution is 2.29. The number of H-pyrrole nitrogens is 2. The zero-order chi connectivity index (χ0) is 44.6. The summed E-state index contributed by atoms with van der Waals surface area (Å²) < 4.78 is 26.8. The second-order valence-corrected chi connectivity index (χ2v) is 16.6. The van der Waals surface area contributed by atoms with Gasteiger partial charge in [0.1, 0.15) is 41.2 Å². The van der Waals surface area contributed by atoms with Crippen molar-refractivity contribution in [2.24, 2.45) is 5.73 Å². The number of methoxy groups -OCH3 is 2. The second kappa shape index (κ2) is 20.3. The van der Waals surface area contributed by atoms with Crippen molar-refractivity contribution in [3.05, 3.63) is 60.2 Å². The maximum atomic E-state index is 13.7. The minimum Gasteiger partial charge on any atom is -0.461 e. The number of alkyl carbamates (subject to hydrolysis) is 1. The number of carbonyl (C=O) groups is 5. The van der Waals surface area contributed by atoms with E-state index in [9.17, 15) is 24.0 Å². The number of nitrogens with one attached hydrogen (secondary N) is 3. The van der Waals surface area contributed by atoms with Crippen molar-refractivity contribution in [2.45, 2.75) is 128 Å². The van der Waals surface area contributed by atoms with Crippen LogP contribution in [0.4, 0.5) is 4.79 Å². The van der Waals surface area contributed by atoms with Crippen LogP contribution >= 0.6 is 0 Å². The summed E-state index contributed by atoms with van der Waals surface area (Å²) in [6, 6.07) is 5.62. The zero-order valence-corrected chi connectivity index (χ0v) is 36.4. The number of rotatable bonds is 13. The number of ether oxygens (including phenoxy) is 5. The quantitative estimate of drug-likeness (QED) is 0.112. The van der Waals surface area contributed by atoms with Gasteiger partial charge in [-0.25, -0.2) is 14.8 Å². The van der Waals surface area contributed by atoms with E-state index in [0.717, 1.165) is 33.2 Å². The lowest BCUT2D eigenvalue weighted by Crippen LogP contribution is -2.56. The van der Waals surface area contributed by atoms with Crippen molar-refractivity contribution in [1.29, 1.82) is 0 Å². The number of aromatic nitrogens is 4. The van der Waals surface area contributed by atoms with E-state index in [1.54, 1.807) is 56.8 Å². The number of hydrogen-bond donors (Lipinski definition) is 4. The van der Waals surface area contributed by atoms with Crippen LogP contribution in [0.2, 0.25) is 0 Å². The molecule has 332 valence electrons. The summed E-state index contributed by atoms with van der Waals surface area (Å²) in [5.41, 5.74) is 9.02. The third kappa shape index (κ3) is 12.0. The minimum absolute atomic E-state index is 0.115. The molecule has 0 spiro atoms. The lowest BCUT2D eigenvalue weighted by molar-refractivity contribution is -0.147. The molecule has 0 bridgehead atoms. The van der Waals surface area contributed by atoms with Crippen LogP contribution in [0.1, 0.15) is 72.4 Å². The first-order valence-electron chi connectivity index (χ1n) is 20.5. The fourth-order valence-corrected chi connectivity index (χ4v) is 7.85. The van der Waals surface area contributed by atoms with Crippen molar-refractivity contribution in [1.82, 2.24) is 35.1 Å². The molecule has 0 radical (unpaired) electrons. The SMILES string of the molecule is CO[C@H](C)[C@H](N)C(=O)N1C[C@@H](OC(C)=O)C[C@H]1Cc1c[nH]c2ncccc12.CO[C@H](C)[C@H](NC(=O)OC(C)(C)C)C(=O)N1C[C@@H](OC(C)=O)C[C@H]1Cc1c[nH]c2ncccc12. The Kier molecular flexibility index (Phi) is 15.5. The van der Waals surface area contributed by atoms with Gasteiger partial charge in [-0.2, -0.15) is 0 Å². The summed E-state index contributed by atoms with van der Waals surface area (Å²) >= 11 is 0. The van der Waals surface area contributed by atoms with Crippen LogP contribution in [0, 0.1) is 0 Å². The monoisotopic (exact) mass is 848 g/mol. The first-order valence-corrected chi connectivity index (χ1v) is 20.5. The molecule has 4 aromatic rings. The smallest absolute Gasteiger partial charge is 0.408 e. The molecular weight excluding hydrogens is 789 g/mol. The van der Waals surface area contributed by atoms with E-state index in [1.165, 1.54) is 28.1 Å². The number of fused-ring (bicyclic) bond motifs is 2. The van der Waals surface area contributed by atoms with E-state index >= 15 is 0 Å². The Bertz CT molecular complexity index is 2150. The number of amides is 3. The lowest BCUT2D eigenvalue weighted by Gasteiger charge is -2.32. The number of likely N-dealkylation sites (tertiary alicyclic amines) is 2. The Morgan fingerprint density at radius 2 is 1.25 bits per heavy atom. The highest BCUT2D eigenvalue weighted by atomic mass is 16.6. The number of carbonyl (C=O) groups excluding carboxylic acids is 5. The van der Waals surface area contributed by atoms with E-state index in [2.05, 4.69) is 25.3 Å². The van der Waals surface area contributed by atoms with Crippen molar-refractivity contribution >= 4 is 51.9 Å². The van der Waals surface area contributed by atoms with E-state index in [1.807, 2.05) is 36.7 Å². The molecule has 61 heavy (non-hydrogen) atoms. The van der Waals surface area contributed by atoms with Crippen molar-refractivity contribution < 1.29 is 47.7 Å². The molecule has 18 nitrogen and oxygen atoms in total. The topological polar surface area (TPSA) is 233 Å². The predicted molar refractivity (Wildman–Crippen MR) is 225 cm³/mol. The number of nitrogens with two attached hydrogens (primary N) is 1. The number of esters is 2. The molecule has 5 N–H and O–H groups in total. The predicted octanol–water partition coefficient (Wildman–Crippen LogP) is 3.57. The summed E-state index contributed by atoms with van der Waals surface area (Å²) in [6.07, 6.45) is 6.99. The summed E-state index contributed by atoms with van der Waals surface area (Å²) in [5, 5.41) is 4.66. The maximum Gasteiger partial charge on any atom is 0.408 e. The van der Waals surface area contributed by atoms with Crippen LogP contribution in [0.15, 0.2) is 49.1 Å². The molecule has 3 amide bonds. The first kappa shape index (κ1) is 46.5. The minimum atomic E-state index is -0.969. The van der Waals surface area contributed by atoms with Crippen LogP contribution in [-0.4, -0.2) is 141 Å². The highest BCUT2D eigenvalue weighted by molar-refractivity contribution is 5.87. The van der Waals surface area contributed by atoms with Crippen LogP contribution in [0.25, 0.3) is 22.1 Å². The van der Waals surface area contributed by atoms with Gasteiger partial charge in [0.15, 0.2) is 0 Å². The molecule has 0 aromatic carbocycles. The second-order valence-electron chi connectivity index (χ2n) is 16.6. The molecule has 2 saturated heterocycles. The Hall–Kier alpha value is -5.59. The van der Waals surface area contributed by atoms with Gasteiger partial charge in [0.25, 0.3) is 0 Å². The summed E-state index contributed by atoms with van der Waals surface area (Å²) in [5.74, 6) is -1.26. The van der Waals surface area contributed by atoms with E-state index in [0.29, 0.717) is 32.2 Å². The van der Waals surface area contributed by atoms with Gasteiger partial charge in [-0.3, -0.25) is 19.2 Å². The Morgan fingerprint density at radius 1 is 0.787 bits per heavy atom. The third-order valence-electron chi connectivity index (χ3n) is 10.9. The first-order chi connectivity index (χ1) is 28.9. The molecule has 18 heteroatoms. The molecule has 2 aliphatic heterocycles. The van der Waals surface area contributed by atoms with Crippen LogP contribution < -0.4 is 11.1 Å². The Labute approximate surface area is 355 Å². The molecule has 0 saturated carbocycles. The van der Waals surface area contributed by atoms with Crippen LogP contribution in [0.3, 0.4) is 0 Å². The van der Waals surface area contributed by atoms with Gasteiger partial charge in [-0.05, 0) is 82.9 Å². The summed E-state index contributed by atoms with van der Waals surface area (Å²) in [6.45, 7) is 12.0. The third-order valence-corrected chi connectivity index (χ3v) is 10.9. The number of pyridine rings is 2. The van der Waals surface area contributed by atoms with Gasteiger partial charge in [0, 0.05) is 88.6 Å². The molecule has 2 aliphatic rings. The Morgan fingerprint density at radius 3 is 1.67 bits per heavy atom. The number of nitrogens with zero attached hydrogens (tertiary/aromatic N) is 4. The molecule has 0 aliphatic carbocycles. The normalized spacial score (nSPS) is 21.0. The van der Waals surface area contributed by atoms with Gasteiger partial charge in [-0.1, -0.05) is 0 Å². The van der Waals surface area contributed by atoms with E-state index < -0.39 is 48.1 Å². The molecule has 4 aromatic heterocycles. The zero-order valence-electron chi connectivity index (χ0n) is 36.4. The van der Waals surface area contributed by atoms with Crippen LogP contribution in [0.5, 0.6) is 0 Å². The molecular formula is C43H60N8O10. The standard InChI is InChI=1S/C24H34N4O6.C19H26N4O4/c1-14(32-6)20(27-23(31)34-24(3,4)5)22(30)28-13-18(33-15(2)29)11-17(28)10-16-12-26-21-19(16)8-7-9-25-21;1-11(26-3)17(20)19(25)23-10-15(27-12(2)24)8-14(23)7-13-9-22-18-16(13)5-4-6-21-18/h7-9,12,14,17-18,20H,10-11,13H2,1-6H3,(H,25,26)(H,27,31);4-6,9,11,14-15,17H,7-8,10,20H2,1-3H3,(H,21,22)/t14-,17-,18+,20+;11-,14-,15+,17+/m11/s1.